The summed E-state index contributed by atoms with van der Waals surface area (Å²) < 4.78 is 1.47. The molecule has 0 bridgehead atoms. The molecule has 0 saturated heterocycles. The molecule has 0 aliphatic rings. The van der Waals surface area contributed by atoms with Gasteiger partial charge in [-0.15, -0.1) is 0 Å². The number of aromatic nitrogens is 3. The Balaban J connectivity index is 2.15. The van der Waals surface area contributed by atoms with Crippen molar-refractivity contribution in [3.05, 3.63) is 52.4 Å². The predicted molar refractivity (Wildman–Crippen MR) is 73.7 cm³/mol. The first kappa shape index (κ1) is 12.2. The first-order valence-corrected chi connectivity index (χ1v) is 5.95. The van der Waals surface area contributed by atoms with E-state index in [2.05, 4.69) is 9.97 Å². The van der Waals surface area contributed by atoms with Crippen LogP contribution in [0.25, 0.3) is 22.4 Å². The van der Waals surface area contributed by atoms with E-state index >= 15 is 0 Å². The average Bonchev–Trinajstić information content (AvgIpc) is 2.84. The molecular formula is C14H11N3O3. The Morgan fingerprint density at radius 1 is 1.30 bits per heavy atom. The van der Waals surface area contributed by atoms with Gasteiger partial charge in [0.15, 0.2) is 0 Å². The molecule has 20 heavy (non-hydrogen) atoms. The minimum Gasteiger partial charge on any atom is -0.478 e. The number of carboxylic acids is 1. The summed E-state index contributed by atoms with van der Waals surface area (Å²) in [4.78, 5) is 29.9. The van der Waals surface area contributed by atoms with E-state index in [-0.39, 0.29) is 11.1 Å². The zero-order valence-corrected chi connectivity index (χ0v) is 10.6. The Labute approximate surface area is 113 Å². The Morgan fingerprint density at radius 2 is 2.10 bits per heavy atom. The van der Waals surface area contributed by atoms with E-state index in [1.165, 1.54) is 22.8 Å². The molecule has 2 aromatic heterocycles. The molecule has 0 amide bonds. The molecule has 0 unspecified atom stereocenters. The number of rotatable bonds is 2. The average molecular weight is 269 g/mol. The lowest BCUT2D eigenvalue weighted by Crippen LogP contribution is -2.14. The number of pyridine rings is 1. The molecule has 0 fully saturated rings. The SMILES string of the molecule is Cn1ccc(-c2nc3ccc(C(=O)O)cc3[nH]2)cc1=O. The summed E-state index contributed by atoms with van der Waals surface area (Å²) >= 11 is 0. The molecule has 0 saturated carbocycles. The number of nitrogens with zero attached hydrogens (tertiary/aromatic N) is 2. The third kappa shape index (κ3) is 1.97. The van der Waals surface area contributed by atoms with Gasteiger partial charge in [-0.25, -0.2) is 9.78 Å². The third-order valence-corrected chi connectivity index (χ3v) is 3.11. The lowest BCUT2D eigenvalue weighted by atomic mass is 10.2. The summed E-state index contributed by atoms with van der Waals surface area (Å²) in [6, 6.07) is 7.92. The third-order valence-electron chi connectivity index (χ3n) is 3.11. The molecule has 0 aliphatic heterocycles. The van der Waals surface area contributed by atoms with Gasteiger partial charge in [0.1, 0.15) is 5.82 Å². The first-order valence-electron chi connectivity index (χ1n) is 5.95. The van der Waals surface area contributed by atoms with Crippen molar-refractivity contribution in [1.29, 1.82) is 0 Å². The minimum atomic E-state index is -0.989. The lowest BCUT2D eigenvalue weighted by molar-refractivity contribution is 0.0697. The molecule has 0 atom stereocenters. The fourth-order valence-corrected chi connectivity index (χ4v) is 1.98. The number of aromatic amines is 1. The highest BCUT2D eigenvalue weighted by Crippen LogP contribution is 2.20. The quantitative estimate of drug-likeness (QED) is 0.740. The van der Waals surface area contributed by atoms with Gasteiger partial charge in [0.25, 0.3) is 5.56 Å². The van der Waals surface area contributed by atoms with Gasteiger partial charge in [0.05, 0.1) is 16.6 Å². The lowest BCUT2D eigenvalue weighted by Gasteiger charge is -1.98. The number of fused-ring (bicyclic) bond motifs is 1. The summed E-state index contributed by atoms with van der Waals surface area (Å²) in [6.45, 7) is 0. The van der Waals surface area contributed by atoms with Crippen LogP contribution in [0.1, 0.15) is 10.4 Å². The van der Waals surface area contributed by atoms with Crippen molar-refractivity contribution < 1.29 is 9.90 Å². The second-order valence-electron chi connectivity index (χ2n) is 4.49. The van der Waals surface area contributed by atoms with Crippen LogP contribution in [-0.2, 0) is 7.05 Å². The number of aryl methyl sites for hydroxylation is 1. The zero-order chi connectivity index (χ0) is 14.3. The van der Waals surface area contributed by atoms with E-state index in [0.717, 1.165) is 0 Å². The van der Waals surface area contributed by atoms with Crippen LogP contribution in [0, 0.1) is 0 Å². The number of hydrogen-bond acceptors (Lipinski definition) is 3. The van der Waals surface area contributed by atoms with Crippen LogP contribution in [0.15, 0.2) is 41.3 Å². The van der Waals surface area contributed by atoms with E-state index in [0.29, 0.717) is 22.4 Å². The molecule has 0 spiro atoms. The molecule has 3 aromatic rings. The van der Waals surface area contributed by atoms with Gasteiger partial charge >= 0.3 is 5.97 Å². The zero-order valence-electron chi connectivity index (χ0n) is 10.6. The molecule has 3 rings (SSSR count). The van der Waals surface area contributed by atoms with Gasteiger partial charge in [0, 0.05) is 24.9 Å². The van der Waals surface area contributed by atoms with Gasteiger partial charge < -0.3 is 14.7 Å². The molecule has 6 heteroatoms. The fourth-order valence-electron chi connectivity index (χ4n) is 1.98. The molecule has 1 aromatic carbocycles. The van der Waals surface area contributed by atoms with E-state index in [4.69, 9.17) is 5.11 Å². The van der Waals surface area contributed by atoms with E-state index < -0.39 is 5.97 Å². The Bertz CT molecular complexity index is 877. The number of aromatic carboxylic acids is 1. The van der Waals surface area contributed by atoms with Crippen LogP contribution in [0.2, 0.25) is 0 Å². The maximum Gasteiger partial charge on any atom is 0.335 e. The highest BCUT2D eigenvalue weighted by Gasteiger charge is 2.09. The molecule has 2 heterocycles. The predicted octanol–water partition coefficient (Wildman–Crippen LogP) is 1.63. The number of carbonyl (C=O) groups is 1. The van der Waals surface area contributed by atoms with Crippen molar-refractivity contribution in [2.24, 2.45) is 7.05 Å². The maximum atomic E-state index is 11.6. The number of hydrogen-bond donors (Lipinski definition) is 2. The van der Waals surface area contributed by atoms with Crippen LogP contribution in [-0.4, -0.2) is 25.6 Å². The van der Waals surface area contributed by atoms with Crippen molar-refractivity contribution in [2.45, 2.75) is 0 Å². The van der Waals surface area contributed by atoms with Gasteiger partial charge in [-0.1, -0.05) is 0 Å². The molecule has 6 nitrogen and oxygen atoms in total. The van der Waals surface area contributed by atoms with Crippen LogP contribution < -0.4 is 5.56 Å². The molecule has 0 radical (unpaired) electrons. The van der Waals surface area contributed by atoms with Crippen molar-refractivity contribution in [3.63, 3.8) is 0 Å². The van der Waals surface area contributed by atoms with Crippen LogP contribution in [0.4, 0.5) is 0 Å². The largest absolute Gasteiger partial charge is 0.478 e. The Kier molecular flexibility index (Phi) is 2.64. The Hall–Kier alpha value is -2.89. The topological polar surface area (TPSA) is 88.0 Å². The summed E-state index contributed by atoms with van der Waals surface area (Å²) in [7, 11) is 1.67. The number of carboxylic acid groups (broad SMARTS) is 1. The summed E-state index contributed by atoms with van der Waals surface area (Å²) in [5.74, 6) is -0.447. The van der Waals surface area contributed by atoms with Gasteiger partial charge in [-0.05, 0) is 24.3 Å². The monoisotopic (exact) mass is 269 g/mol. The van der Waals surface area contributed by atoms with Crippen LogP contribution in [0.3, 0.4) is 0 Å². The highest BCUT2D eigenvalue weighted by atomic mass is 16.4. The van der Waals surface area contributed by atoms with E-state index in [1.807, 2.05) is 0 Å². The normalized spacial score (nSPS) is 10.8. The molecular weight excluding hydrogens is 258 g/mol. The summed E-state index contributed by atoms with van der Waals surface area (Å²) in [5.41, 5.74) is 2.01. The number of imidazole rings is 1. The first-order chi connectivity index (χ1) is 9.54. The number of benzene rings is 1. The second-order valence-corrected chi connectivity index (χ2v) is 4.49. The van der Waals surface area contributed by atoms with E-state index in [1.54, 1.807) is 25.4 Å². The maximum absolute atomic E-state index is 11.6. The van der Waals surface area contributed by atoms with Crippen LogP contribution in [0.5, 0.6) is 0 Å². The standard InChI is InChI=1S/C14H11N3O3/c1-17-5-4-8(7-12(17)18)13-15-10-3-2-9(14(19)20)6-11(10)16-13/h2-7H,1H3,(H,15,16)(H,19,20). The van der Waals surface area contributed by atoms with Gasteiger partial charge in [-0.2, -0.15) is 0 Å². The minimum absolute atomic E-state index is 0.130. The summed E-state index contributed by atoms with van der Waals surface area (Å²) in [5, 5.41) is 8.96. The summed E-state index contributed by atoms with van der Waals surface area (Å²) in [6.07, 6.45) is 1.66. The highest BCUT2D eigenvalue weighted by molar-refractivity contribution is 5.92. The van der Waals surface area contributed by atoms with Crippen molar-refractivity contribution in [3.8, 4) is 11.4 Å². The van der Waals surface area contributed by atoms with Crippen LogP contribution >= 0.6 is 0 Å². The van der Waals surface area contributed by atoms with Gasteiger partial charge in [-0.3, -0.25) is 4.79 Å². The molecule has 2 N–H and O–H groups in total. The molecule has 100 valence electrons. The van der Waals surface area contributed by atoms with Gasteiger partial charge in [0.2, 0.25) is 0 Å². The Morgan fingerprint density at radius 3 is 2.80 bits per heavy atom. The smallest absolute Gasteiger partial charge is 0.335 e. The second kappa shape index (κ2) is 4.34. The van der Waals surface area contributed by atoms with Crippen molar-refractivity contribution in [2.75, 3.05) is 0 Å². The number of H-pyrrole nitrogens is 1. The van der Waals surface area contributed by atoms with E-state index in [9.17, 15) is 9.59 Å². The number of nitrogens with one attached hydrogen (secondary N) is 1. The van der Waals surface area contributed by atoms with Crippen molar-refractivity contribution >= 4 is 17.0 Å². The molecule has 0 aliphatic carbocycles. The van der Waals surface area contributed by atoms with Crippen molar-refractivity contribution in [1.82, 2.24) is 14.5 Å². The fraction of sp³-hybridized carbons (Fsp3) is 0.0714.